The van der Waals surface area contributed by atoms with Crippen molar-refractivity contribution in [1.82, 2.24) is 4.90 Å². The van der Waals surface area contributed by atoms with E-state index in [1.165, 1.54) is 0 Å². The lowest BCUT2D eigenvalue weighted by molar-refractivity contribution is -0.139. The Bertz CT molecular complexity index is 528. The van der Waals surface area contributed by atoms with Crippen molar-refractivity contribution in [1.29, 1.82) is 0 Å². The summed E-state index contributed by atoms with van der Waals surface area (Å²) in [5.41, 5.74) is 0. The van der Waals surface area contributed by atoms with Gasteiger partial charge < -0.3 is 14.7 Å². The summed E-state index contributed by atoms with van der Waals surface area (Å²) in [5, 5.41) is 10.3. The number of aliphatic hydroxyl groups excluding tert-OH is 1. The number of ether oxygens (including phenoxy) is 1. The van der Waals surface area contributed by atoms with E-state index in [1.54, 1.807) is 36.9 Å². The second-order valence-electron chi connectivity index (χ2n) is 5.72. The number of hydrogen-bond donors (Lipinski definition) is 1. The summed E-state index contributed by atoms with van der Waals surface area (Å²) in [6, 6.07) is 5.09. The van der Waals surface area contributed by atoms with E-state index in [9.17, 15) is 9.90 Å². The Hall–Kier alpha value is -0.970. The summed E-state index contributed by atoms with van der Waals surface area (Å²) < 4.78 is 5.66. The zero-order valence-corrected chi connectivity index (χ0v) is 14.3. The fourth-order valence-corrected chi connectivity index (χ4v) is 3.01. The first-order chi connectivity index (χ1) is 10.4. The van der Waals surface area contributed by atoms with Crippen molar-refractivity contribution < 1.29 is 14.6 Å². The van der Waals surface area contributed by atoms with Crippen LogP contribution in [0.15, 0.2) is 18.2 Å². The van der Waals surface area contributed by atoms with Gasteiger partial charge in [-0.15, -0.1) is 0 Å². The smallest absolute Gasteiger partial charge is 0.263 e. The van der Waals surface area contributed by atoms with Crippen molar-refractivity contribution >= 4 is 29.1 Å². The van der Waals surface area contributed by atoms with Gasteiger partial charge in [0.25, 0.3) is 5.91 Å². The molecule has 122 valence electrons. The topological polar surface area (TPSA) is 49.8 Å². The van der Waals surface area contributed by atoms with Crippen molar-refractivity contribution in [2.75, 3.05) is 13.1 Å². The van der Waals surface area contributed by atoms with Crippen LogP contribution in [-0.4, -0.2) is 41.2 Å². The first-order valence-corrected chi connectivity index (χ1v) is 8.23. The highest BCUT2D eigenvalue weighted by Gasteiger charge is 2.29. The Kier molecular flexibility index (Phi) is 5.95. The van der Waals surface area contributed by atoms with Crippen molar-refractivity contribution in [3.05, 3.63) is 28.2 Å². The lowest BCUT2D eigenvalue weighted by Crippen LogP contribution is -2.46. The third-order valence-electron chi connectivity index (χ3n) is 4.10. The normalized spacial score (nSPS) is 18.9. The van der Waals surface area contributed by atoms with E-state index in [2.05, 4.69) is 0 Å². The molecule has 1 aromatic carbocycles. The summed E-state index contributed by atoms with van der Waals surface area (Å²) in [5.74, 6) is 0.608. The Morgan fingerprint density at radius 3 is 2.55 bits per heavy atom. The molecule has 1 N–H and O–H groups in total. The number of rotatable bonds is 4. The van der Waals surface area contributed by atoms with Gasteiger partial charge in [-0.2, -0.15) is 0 Å². The molecule has 1 aliphatic heterocycles. The molecule has 1 amide bonds. The minimum Gasteiger partial charge on any atom is -0.479 e. The van der Waals surface area contributed by atoms with Crippen LogP contribution < -0.4 is 4.74 Å². The lowest BCUT2D eigenvalue weighted by atomic mass is 9.92. The molecule has 1 aliphatic rings. The fraction of sp³-hybridized carbons (Fsp3) is 0.562. The van der Waals surface area contributed by atoms with Crippen LogP contribution in [0.25, 0.3) is 0 Å². The first kappa shape index (κ1) is 17.4. The van der Waals surface area contributed by atoms with Gasteiger partial charge in [-0.1, -0.05) is 29.3 Å². The number of benzene rings is 1. The number of likely N-dealkylation sites (tertiary alicyclic amines) is 1. The van der Waals surface area contributed by atoms with Gasteiger partial charge in [0.15, 0.2) is 6.10 Å². The molecule has 6 heteroatoms. The Balaban J connectivity index is 1.94. The fourth-order valence-electron chi connectivity index (χ4n) is 2.68. The molecule has 2 rings (SSSR count). The van der Waals surface area contributed by atoms with Crippen LogP contribution in [0.1, 0.15) is 26.7 Å². The third kappa shape index (κ3) is 4.06. The molecule has 0 saturated carbocycles. The van der Waals surface area contributed by atoms with E-state index >= 15 is 0 Å². The Morgan fingerprint density at radius 1 is 1.32 bits per heavy atom. The molecule has 1 aromatic rings. The van der Waals surface area contributed by atoms with Crippen LogP contribution in [0.2, 0.25) is 10.0 Å². The number of aliphatic hydroxyl groups is 1. The van der Waals surface area contributed by atoms with Gasteiger partial charge in [0.2, 0.25) is 0 Å². The minimum atomic E-state index is -0.626. The second kappa shape index (κ2) is 7.53. The van der Waals surface area contributed by atoms with Crippen LogP contribution in [0, 0.1) is 5.92 Å². The standard InChI is InChI=1S/C16H21Cl2NO3/c1-10(20)12-6-8-19(9-7-12)16(21)11(2)22-14-5-3-4-13(17)15(14)18/h3-5,10-12,20H,6-9H2,1-2H3. The molecular weight excluding hydrogens is 325 g/mol. The largest absolute Gasteiger partial charge is 0.479 e. The van der Waals surface area contributed by atoms with E-state index in [1.807, 2.05) is 0 Å². The van der Waals surface area contributed by atoms with Gasteiger partial charge >= 0.3 is 0 Å². The molecule has 22 heavy (non-hydrogen) atoms. The second-order valence-corrected chi connectivity index (χ2v) is 6.50. The van der Waals surface area contributed by atoms with E-state index in [4.69, 9.17) is 27.9 Å². The summed E-state index contributed by atoms with van der Waals surface area (Å²) in [4.78, 5) is 14.2. The SMILES string of the molecule is CC(Oc1cccc(Cl)c1Cl)C(=O)N1CCC(C(C)O)CC1. The van der Waals surface area contributed by atoms with Crippen LogP contribution in [0.4, 0.5) is 0 Å². The van der Waals surface area contributed by atoms with Gasteiger partial charge in [-0.3, -0.25) is 4.79 Å². The highest BCUT2D eigenvalue weighted by atomic mass is 35.5. The van der Waals surface area contributed by atoms with Gasteiger partial charge in [0.05, 0.1) is 11.1 Å². The molecule has 1 fully saturated rings. The van der Waals surface area contributed by atoms with Crippen molar-refractivity contribution in [2.45, 2.75) is 38.9 Å². The van der Waals surface area contributed by atoms with Gasteiger partial charge in [0.1, 0.15) is 10.8 Å². The monoisotopic (exact) mass is 345 g/mol. The maximum atomic E-state index is 12.4. The third-order valence-corrected chi connectivity index (χ3v) is 4.90. The lowest BCUT2D eigenvalue weighted by Gasteiger charge is -2.34. The number of piperidine rings is 1. The summed E-state index contributed by atoms with van der Waals surface area (Å²) in [7, 11) is 0. The molecule has 1 saturated heterocycles. The van der Waals surface area contributed by atoms with Crippen molar-refractivity contribution in [3.8, 4) is 5.75 Å². The van der Waals surface area contributed by atoms with E-state index in [0.717, 1.165) is 12.8 Å². The van der Waals surface area contributed by atoms with E-state index < -0.39 is 6.10 Å². The van der Waals surface area contributed by atoms with Gasteiger partial charge in [0, 0.05) is 13.1 Å². The van der Waals surface area contributed by atoms with Gasteiger partial charge in [-0.25, -0.2) is 0 Å². The van der Waals surface area contributed by atoms with Crippen LogP contribution in [0.3, 0.4) is 0 Å². The Labute approximate surface area is 141 Å². The molecule has 0 aromatic heterocycles. The average Bonchev–Trinajstić information content (AvgIpc) is 2.51. The number of amides is 1. The van der Waals surface area contributed by atoms with E-state index in [0.29, 0.717) is 28.9 Å². The van der Waals surface area contributed by atoms with E-state index in [-0.39, 0.29) is 17.9 Å². The predicted octanol–water partition coefficient (Wildman–Crippen LogP) is 3.38. The molecular formula is C16H21Cl2NO3. The summed E-state index contributed by atoms with van der Waals surface area (Å²) in [6.45, 7) is 4.80. The molecule has 0 bridgehead atoms. The quantitative estimate of drug-likeness (QED) is 0.909. The number of carbonyl (C=O) groups excluding carboxylic acids is 1. The minimum absolute atomic E-state index is 0.0694. The average molecular weight is 346 g/mol. The predicted molar refractivity (Wildman–Crippen MR) is 87.5 cm³/mol. The Morgan fingerprint density at radius 2 is 1.95 bits per heavy atom. The molecule has 0 spiro atoms. The maximum absolute atomic E-state index is 12.4. The number of carbonyl (C=O) groups is 1. The highest BCUT2D eigenvalue weighted by molar-refractivity contribution is 6.42. The van der Waals surface area contributed by atoms with Crippen LogP contribution in [-0.2, 0) is 4.79 Å². The first-order valence-electron chi connectivity index (χ1n) is 7.47. The maximum Gasteiger partial charge on any atom is 0.263 e. The number of hydrogen-bond acceptors (Lipinski definition) is 3. The zero-order valence-electron chi connectivity index (χ0n) is 12.8. The molecule has 0 radical (unpaired) electrons. The summed E-state index contributed by atoms with van der Waals surface area (Å²) in [6.07, 6.45) is 0.678. The summed E-state index contributed by atoms with van der Waals surface area (Å²) >= 11 is 12.0. The van der Waals surface area contributed by atoms with Crippen molar-refractivity contribution in [3.63, 3.8) is 0 Å². The van der Waals surface area contributed by atoms with Gasteiger partial charge in [-0.05, 0) is 44.7 Å². The van der Waals surface area contributed by atoms with Crippen LogP contribution >= 0.6 is 23.2 Å². The molecule has 4 nitrogen and oxygen atoms in total. The number of nitrogens with zero attached hydrogens (tertiary/aromatic N) is 1. The van der Waals surface area contributed by atoms with Crippen LogP contribution in [0.5, 0.6) is 5.75 Å². The van der Waals surface area contributed by atoms with Crippen molar-refractivity contribution in [2.24, 2.45) is 5.92 Å². The molecule has 2 atom stereocenters. The highest BCUT2D eigenvalue weighted by Crippen LogP contribution is 2.32. The zero-order chi connectivity index (χ0) is 16.3. The molecule has 1 heterocycles. The molecule has 2 unspecified atom stereocenters. The molecule has 0 aliphatic carbocycles. The number of halogens is 2.